The summed E-state index contributed by atoms with van der Waals surface area (Å²) in [6, 6.07) is 11.7. The monoisotopic (exact) mass is 448 g/mol. The van der Waals surface area contributed by atoms with Crippen molar-refractivity contribution in [1.82, 2.24) is 20.0 Å². The van der Waals surface area contributed by atoms with Crippen LogP contribution in [0.4, 0.5) is 0 Å². The van der Waals surface area contributed by atoms with Gasteiger partial charge in [-0.2, -0.15) is 4.98 Å². The predicted octanol–water partition coefficient (Wildman–Crippen LogP) is 4.25. The van der Waals surface area contributed by atoms with E-state index in [1.165, 1.54) is 0 Å². The molecule has 0 bridgehead atoms. The fourth-order valence-electron chi connectivity index (χ4n) is 4.40. The summed E-state index contributed by atoms with van der Waals surface area (Å²) >= 11 is 0. The zero-order valence-electron chi connectivity index (χ0n) is 18.9. The number of likely N-dealkylation sites (tertiary alicyclic amines) is 1. The number of benzene rings is 2. The second kappa shape index (κ2) is 9.25. The van der Waals surface area contributed by atoms with E-state index in [0.717, 1.165) is 47.1 Å². The first kappa shape index (κ1) is 21.5. The fraction of sp³-hybridized carbons (Fsp3) is 0.360. The summed E-state index contributed by atoms with van der Waals surface area (Å²) < 4.78 is 17.0. The van der Waals surface area contributed by atoms with Crippen molar-refractivity contribution >= 4 is 10.9 Å². The fourth-order valence-corrected chi connectivity index (χ4v) is 4.40. The van der Waals surface area contributed by atoms with E-state index in [-0.39, 0.29) is 6.10 Å². The van der Waals surface area contributed by atoms with Crippen LogP contribution in [0.3, 0.4) is 0 Å². The summed E-state index contributed by atoms with van der Waals surface area (Å²) in [5.74, 6) is 2.30. The minimum atomic E-state index is -0.245. The van der Waals surface area contributed by atoms with Crippen molar-refractivity contribution in [2.24, 2.45) is 0 Å². The Morgan fingerprint density at radius 1 is 1.15 bits per heavy atom. The standard InChI is InChI=1S/C25H28N4O4/c1-3-31-21-9-8-16(12-22(21)32-4-2)25-27-24(28-33-25)19-6-5-7-20-23(19)17(13-26-20)14-29-11-10-18(30)15-29/h5-9,12-13,18,26,30H,3-4,10-11,14-15H2,1-2H3. The van der Waals surface area contributed by atoms with E-state index in [1.807, 2.05) is 56.4 Å². The maximum atomic E-state index is 9.89. The molecule has 2 aromatic heterocycles. The van der Waals surface area contributed by atoms with Gasteiger partial charge in [0.25, 0.3) is 5.89 Å². The number of hydrogen-bond acceptors (Lipinski definition) is 7. The molecule has 1 aliphatic rings. The van der Waals surface area contributed by atoms with Crippen LogP contribution >= 0.6 is 0 Å². The molecule has 2 aromatic carbocycles. The van der Waals surface area contributed by atoms with Gasteiger partial charge in [0, 0.05) is 47.9 Å². The summed E-state index contributed by atoms with van der Waals surface area (Å²) in [5, 5.41) is 15.2. The molecular formula is C25H28N4O4. The third kappa shape index (κ3) is 4.31. The van der Waals surface area contributed by atoms with Crippen LogP contribution in [-0.4, -0.2) is 57.5 Å². The maximum Gasteiger partial charge on any atom is 0.258 e. The van der Waals surface area contributed by atoms with E-state index in [9.17, 15) is 5.11 Å². The number of aliphatic hydroxyl groups is 1. The number of aliphatic hydroxyl groups excluding tert-OH is 1. The molecule has 1 fully saturated rings. The number of nitrogens with zero attached hydrogens (tertiary/aromatic N) is 3. The number of aromatic nitrogens is 3. The number of aromatic amines is 1. The van der Waals surface area contributed by atoms with E-state index in [4.69, 9.17) is 19.0 Å². The predicted molar refractivity (Wildman–Crippen MR) is 125 cm³/mol. The van der Waals surface area contributed by atoms with Gasteiger partial charge < -0.3 is 24.1 Å². The third-order valence-corrected chi connectivity index (χ3v) is 5.89. The van der Waals surface area contributed by atoms with Crippen molar-refractivity contribution in [1.29, 1.82) is 0 Å². The molecule has 0 aliphatic carbocycles. The van der Waals surface area contributed by atoms with Gasteiger partial charge in [-0.15, -0.1) is 0 Å². The van der Waals surface area contributed by atoms with Crippen molar-refractivity contribution in [3.8, 4) is 34.3 Å². The van der Waals surface area contributed by atoms with Crippen LogP contribution in [0.2, 0.25) is 0 Å². The highest BCUT2D eigenvalue weighted by molar-refractivity contribution is 5.96. The van der Waals surface area contributed by atoms with E-state index in [2.05, 4.69) is 15.0 Å². The van der Waals surface area contributed by atoms with E-state index >= 15 is 0 Å². The average molecular weight is 449 g/mol. The molecule has 0 saturated carbocycles. The van der Waals surface area contributed by atoms with Crippen LogP contribution in [-0.2, 0) is 6.54 Å². The van der Waals surface area contributed by atoms with Crippen LogP contribution in [0.5, 0.6) is 11.5 Å². The zero-order valence-corrected chi connectivity index (χ0v) is 18.9. The maximum absolute atomic E-state index is 9.89. The minimum absolute atomic E-state index is 0.245. The molecule has 1 atom stereocenters. The second-order valence-corrected chi connectivity index (χ2v) is 8.17. The van der Waals surface area contributed by atoms with Crippen LogP contribution < -0.4 is 9.47 Å². The van der Waals surface area contributed by atoms with E-state index < -0.39 is 0 Å². The van der Waals surface area contributed by atoms with Crippen LogP contribution in [0.25, 0.3) is 33.7 Å². The van der Waals surface area contributed by atoms with Gasteiger partial charge in [-0.3, -0.25) is 4.90 Å². The lowest BCUT2D eigenvalue weighted by molar-refractivity contribution is 0.175. The first-order valence-electron chi connectivity index (χ1n) is 11.4. The molecule has 33 heavy (non-hydrogen) atoms. The molecule has 1 aliphatic heterocycles. The smallest absolute Gasteiger partial charge is 0.258 e. The first-order chi connectivity index (χ1) is 16.2. The summed E-state index contributed by atoms with van der Waals surface area (Å²) in [4.78, 5) is 10.3. The topological polar surface area (TPSA) is 96.6 Å². The Balaban J connectivity index is 1.48. The number of fused-ring (bicyclic) bond motifs is 1. The number of hydrogen-bond donors (Lipinski definition) is 2. The number of rotatable bonds is 8. The molecule has 1 saturated heterocycles. The lowest BCUT2D eigenvalue weighted by Crippen LogP contribution is -2.21. The molecule has 1 unspecified atom stereocenters. The van der Waals surface area contributed by atoms with Crippen LogP contribution in [0, 0.1) is 0 Å². The minimum Gasteiger partial charge on any atom is -0.490 e. The summed E-state index contributed by atoms with van der Waals surface area (Å²) in [7, 11) is 0. The van der Waals surface area contributed by atoms with Crippen molar-refractivity contribution in [2.45, 2.75) is 32.9 Å². The summed E-state index contributed by atoms with van der Waals surface area (Å²) in [6.07, 6.45) is 2.60. The molecule has 0 spiro atoms. The van der Waals surface area contributed by atoms with Gasteiger partial charge in [0.05, 0.1) is 19.3 Å². The molecule has 172 valence electrons. The SMILES string of the molecule is CCOc1ccc(-c2nc(-c3cccc4[nH]cc(CN5CCC(O)C5)c34)no2)cc1OCC. The number of H-pyrrole nitrogens is 1. The third-order valence-electron chi connectivity index (χ3n) is 5.89. The molecule has 8 heteroatoms. The van der Waals surface area contributed by atoms with Gasteiger partial charge in [-0.25, -0.2) is 0 Å². The van der Waals surface area contributed by atoms with Crippen molar-refractivity contribution < 1.29 is 19.1 Å². The number of ether oxygens (including phenoxy) is 2. The average Bonchev–Trinajstić information content (AvgIpc) is 3.56. The van der Waals surface area contributed by atoms with Crippen molar-refractivity contribution in [2.75, 3.05) is 26.3 Å². The Labute approximate surface area is 192 Å². The molecular weight excluding hydrogens is 420 g/mol. The summed E-state index contributed by atoms with van der Waals surface area (Å²) in [5.41, 5.74) is 3.86. The molecule has 5 rings (SSSR count). The lowest BCUT2D eigenvalue weighted by Gasteiger charge is -2.14. The molecule has 8 nitrogen and oxygen atoms in total. The number of β-amino-alcohol motifs (C(OH)–C–C–N with tert-alkyl or cyclic N) is 1. The van der Waals surface area contributed by atoms with Crippen LogP contribution in [0.1, 0.15) is 25.8 Å². The molecule has 4 aromatic rings. The Morgan fingerprint density at radius 2 is 2.00 bits per heavy atom. The molecule has 0 amide bonds. The van der Waals surface area contributed by atoms with Gasteiger partial charge in [-0.1, -0.05) is 17.3 Å². The number of nitrogens with one attached hydrogen (secondary N) is 1. The molecule has 2 N–H and O–H groups in total. The van der Waals surface area contributed by atoms with Crippen molar-refractivity contribution in [3.63, 3.8) is 0 Å². The van der Waals surface area contributed by atoms with Gasteiger partial charge >= 0.3 is 0 Å². The Morgan fingerprint density at radius 3 is 2.79 bits per heavy atom. The highest BCUT2D eigenvalue weighted by Crippen LogP contribution is 2.35. The van der Waals surface area contributed by atoms with E-state index in [1.54, 1.807) is 0 Å². The largest absolute Gasteiger partial charge is 0.490 e. The van der Waals surface area contributed by atoms with Gasteiger partial charge in [0.1, 0.15) is 0 Å². The highest BCUT2D eigenvalue weighted by Gasteiger charge is 2.23. The second-order valence-electron chi connectivity index (χ2n) is 8.17. The quantitative estimate of drug-likeness (QED) is 0.416. The Kier molecular flexibility index (Phi) is 6.02. The van der Waals surface area contributed by atoms with E-state index in [0.29, 0.717) is 43.0 Å². The Hall–Kier alpha value is -3.36. The molecule has 0 radical (unpaired) electrons. The first-order valence-corrected chi connectivity index (χ1v) is 11.4. The summed E-state index contributed by atoms with van der Waals surface area (Å²) in [6.45, 7) is 7.31. The van der Waals surface area contributed by atoms with Gasteiger partial charge in [0.15, 0.2) is 11.5 Å². The van der Waals surface area contributed by atoms with Gasteiger partial charge in [-0.05, 0) is 50.1 Å². The zero-order chi connectivity index (χ0) is 22.8. The lowest BCUT2D eigenvalue weighted by atomic mass is 10.1. The van der Waals surface area contributed by atoms with Gasteiger partial charge in [0.2, 0.25) is 5.82 Å². The van der Waals surface area contributed by atoms with Crippen molar-refractivity contribution in [3.05, 3.63) is 48.2 Å². The Bertz CT molecular complexity index is 1250. The van der Waals surface area contributed by atoms with Crippen LogP contribution in [0.15, 0.2) is 47.1 Å². The molecule has 3 heterocycles. The highest BCUT2D eigenvalue weighted by atomic mass is 16.5. The normalized spacial score (nSPS) is 16.5.